The molecule has 3 rings (SSSR count). The molecule has 28 heavy (non-hydrogen) atoms. The first kappa shape index (κ1) is 20.7. The zero-order chi connectivity index (χ0) is 20.5. The third-order valence-electron chi connectivity index (χ3n) is 5.10. The second kappa shape index (κ2) is 8.17. The number of hydrogen-bond donors (Lipinski definition) is 1. The smallest absolute Gasteiger partial charge is 0.364 e. The van der Waals surface area contributed by atoms with E-state index in [1.165, 1.54) is 11.0 Å². The Balaban J connectivity index is 1.77. The lowest BCUT2D eigenvalue weighted by Gasteiger charge is -2.33. The second-order valence-corrected chi connectivity index (χ2v) is 7.79. The fourth-order valence-corrected chi connectivity index (χ4v) is 3.87. The average Bonchev–Trinajstić information content (AvgIpc) is 3.11. The molecule has 8 heteroatoms. The molecule has 1 saturated heterocycles. The normalized spacial score (nSPS) is 18.3. The number of rotatable bonds is 4. The third-order valence-corrected chi connectivity index (χ3v) is 5.47. The van der Waals surface area contributed by atoms with Crippen LogP contribution in [0.4, 0.5) is 13.2 Å². The molecule has 2 aromatic rings. The number of amides is 1. The minimum Gasteiger partial charge on any atom is -0.364 e. The van der Waals surface area contributed by atoms with Gasteiger partial charge in [0.1, 0.15) is 0 Å². The van der Waals surface area contributed by atoms with E-state index in [0.717, 1.165) is 37.2 Å². The highest BCUT2D eigenvalue weighted by atomic mass is 35.5. The van der Waals surface area contributed by atoms with Crippen molar-refractivity contribution in [2.45, 2.75) is 31.5 Å². The van der Waals surface area contributed by atoms with Gasteiger partial charge in [0.2, 0.25) is 0 Å². The summed E-state index contributed by atoms with van der Waals surface area (Å²) in [7, 11) is 3.42. The van der Waals surface area contributed by atoms with Crippen molar-refractivity contribution in [1.29, 1.82) is 0 Å². The highest BCUT2D eigenvalue weighted by Crippen LogP contribution is 2.34. The molecule has 1 aromatic heterocycles. The van der Waals surface area contributed by atoms with E-state index in [1.54, 1.807) is 26.4 Å². The van der Waals surface area contributed by atoms with Crippen LogP contribution in [0.1, 0.15) is 45.9 Å². The van der Waals surface area contributed by atoms with Gasteiger partial charge in [0.25, 0.3) is 5.91 Å². The summed E-state index contributed by atoms with van der Waals surface area (Å²) in [6.45, 7) is 1.78. The summed E-state index contributed by atoms with van der Waals surface area (Å²) < 4.78 is 39.0. The van der Waals surface area contributed by atoms with Gasteiger partial charge in [-0.2, -0.15) is 13.2 Å². The van der Waals surface area contributed by atoms with Crippen LogP contribution in [0.3, 0.4) is 0 Å². The van der Waals surface area contributed by atoms with Gasteiger partial charge in [0.05, 0.1) is 11.1 Å². The number of halogens is 4. The van der Waals surface area contributed by atoms with E-state index < -0.39 is 11.7 Å². The molecule has 1 N–H and O–H groups in total. The number of alkyl halides is 3. The first-order valence-electron chi connectivity index (χ1n) is 9.13. The molecular formula is C20H23ClF3N3O. The molecular weight excluding hydrogens is 391 g/mol. The lowest BCUT2D eigenvalue weighted by atomic mass is 9.92. The number of aromatic amines is 1. The third kappa shape index (κ3) is 4.52. The fraction of sp³-hybridized carbons (Fsp3) is 0.450. The molecule has 1 amide bonds. The number of piperidine rings is 1. The quantitative estimate of drug-likeness (QED) is 0.784. The van der Waals surface area contributed by atoms with Gasteiger partial charge < -0.3 is 9.88 Å². The van der Waals surface area contributed by atoms with Crippen LogP contribution in [0, 0.1) is 0 Å². The SMILES string of the molecule is CN(C)C(=O)c1cc[nH]c1C1CCCN(Cc2cc(C(F)(F)F)ccc2Cl)C1. The van der Waals surface area contributed by atoms with Crippen molar-refractivity contribution in [2.75, 3.05) is 27.2 Å². The van der Waals surface area contributed by atoms with Crippen molar-refractivity contribution >= 4 is 17.5 Å². The zero-order valence-corrected chi connectivity index (χ0v) is 16.6. The molecule has 152 valence electrons. The predicted molar refractivity (Wildman–Crippen MR) is 103 cm³/mol. The minimum atomic E-state index is -4.39. The molecule has 4 nitrogen and oxygen atoms in total. The molecule has 0 bridgehead atoms. The van der Waals surface area contributed by atoms with Crippen LogP contribution in [-0.4, -0.2) is 47.9 Å². The van der Waals surface area contributed by atoms with Crippen LogP contribution in [0.25, 0.3) is 0 Å². The Labute approximate surface area is 167 Å². The van der Waals surface area contributed by atoms with E-state index in [-0.39, 0.29) is 11.8 Å². The number of carbonyl (C=O) groups is 1. The van der Waals surface area contributed by atoms with Crippen LogP contribution in [-0.2, 0) is 12.7 Å². The Morgan fingerprint density at radius 2 is 2.07 bits per heavy atom. The molecule has 0 saturated carbocycles. The maximum atomic E-state index is 13.0. The zero-order valence-electron chi connectivity index (χ0n) is 15.8. The van der Waals surface area contributed by atoms with Gasteiger partial charge in [-0.25, -0.2) is 0 Å². The Bertz CT molecular complexity index is 847. The van der Waals surface area contributed by atoms with Crippen molar-refractivity contribution in [1.82, 2.24) is 14.8 Å². The molecule has 2 heterocycles. The summed E-state index contributed by atoms with van der Waals surface area (Å²) >= 11 is 6.15. The minimum absolute atomic E-state index is 0.0608. The summed E-state index contributed by atoms with van der Waals surface area (Å²) in [4.78, 5) is 19.2. The summed E-state index contributed by atoms with van der Waals surface area (Å²) in [5, 5.41) is 0.332. The Morgan fingerprint density at radius 3 is 2.75 bits per heavy atom. The van der Waals surface area contributed by atoms with E-state index in [0.29, 0.717) is 29.2 Å². The monoisotopic (exact) mass is 413 g/mol. The van der Waals surface area contributed by atoms with Crippen molar-refractivity contribution < 1.29 is 18.0 Å². The number of benzene rings is 1. The molecule has 0 spiro atoms. The Hall–Kier alpha value is -1.99. The summed E-state index contributed by atoms with van der Waals surface area (Å²) in [5.74, 6) is 0.0570. The van der Waals surface area contributed by atoms with Crippen molar-refractivity contribution in [3.8, 4) is 0 Å². The molecule has 1 unspecified atom stereocenters. The van der Waals surface area contributed by atoms with E-state index in [2.05, 4.69) is 9.88 Å². The van der Waals surface area contributed by atoms with Gasteiger partial charge in [-0.3, -0.25) is 9.69 Å². The van der Waals surface area contributed by atoms with Gasteiger partial charge >= 0.3 is 6.18 Å². The highest BCUT2D eigenvalue weighted by Gasteiger charge is 2.32. The molecule has 1 aromatic carbocycles. The predicted octanol–water partition coefficient (Wildman–Crippen LogP) is 4.77. The van der Waals surface area contributed by atoms with Crippen LogP contribution in [0.2, 0.25) is 5.02 Å². The highest BCUT2D eigenvalue weighted by molar-refractivity contribution is 6.31. The number of carbonyl (C=O) groups excluding carboxylic acids is 1. The van der Waals surface area contributed by atoms with E-state index in [1.807, 2.05) is 0 Å². The number of H-pyrrole nitrogens is 1. The molecule has 1 aliphatic rings. The maximum absolute atomic E-state index is 13.0. The van der Waals surface area contributed by atoms with E-state index in [9.17, 15) is 18.0 Å². The first-order chi connectivity index (χ1) is 13.2. The van der Waals surface area contributed by atoms with Crippen LogP contribution in [0.5, 0.6) is 0 Å². The Kier molecular flexibility index (Phi) is 6.05. The summed E-state index contributed by atoms with van der Waals surface area (Å²) in [6, 6.07) is 5.21. The number of likely N-dealkylation sites (tertiary alicyclic amines) is 1. The number of hydrogen-bond acceptors (Lipinski definition) is 2. The van der Waals surface area contributed by atoms with Crippen molar-refractivity contribution in [3.05, 3.63) is 57.9 Å². The van der Waals surface area contributed by atoms with Crippen LogP contribution >= 0.6 is 11.6 Å². The lowest BCUT2D eigenvalue weighted by Crippen LogP contribution is -2.35. The number of aromatic nitrogens is 1. The fourth-order valence-electron chi connectivity index (χ4n) is 3.70. The lowest BCUT2D eigenvalue weighted by molar-refractivity contribution is -0.137. The maximum Gasteiger partial charge on any atom is 0.416 e. The van der Waals surface area contributed by atoms with Crippen LogP contribution in [0.15, 0.2) is 30.5 Å². The van der Waals surface area contributed by atoms with Crippen molar-refractivity contribution in [2.24, 2.45) is 0 Å². The van der Waals surface area contributed by atoms with Gasteiger partial charge in [-0.05, 0) is 49.2 Å². The van der Waals surface area contributed by atoms with Crippen LogP contribution < -0.4 is 0 Å². The molecule has 0 aliphatic carbocycles. The van der Waals surface area contributed by atoms with Gasteiger partial charge in [-0.15, -0.1) is 0 Å². The topological polar surface area (TPSA) is 39.3 Å². The Morgan fingerprint density at radius 1 is 1.32 bits per heavy atom. The van der Waals surface area contributed by atoms with E-state index >= 15 is 0 Å². The standard InChI is InChI=1S/C20H23ClF3N3O/c1-26(2)19(28)16-7-8-25-18(16)13-4-3-9-27(11-13)12-14-10-15(20(22,23)24)5-6-17(14)21/h5-8,10,13,25H,3-4,9,11-12H2,1-2H3. The van der Waals surface area contributed by atoms with Crippen molar-refractivity contribution in [3.63, 3.8) is 0 Å². The molecule has 0 radical (unpaired) electrons. The second-order valence-electron chi connectivity index (χ2n) is 7.38. The number of nitrogens with one attached hydrogen (secondary N) is 1. The largest absolute Gasteiger partial charge is 0.416 e. The molecule has 1 aliphatic heterocycles. The van der Waals surface area contributed by atoms with Gasteiger partial charge in [0.15, 0.2) is 0 Å². The van der Waals surface area contributed by atoms with Gasteiger partial charge in [0, 0.05) is 50.0 Å². The summed E-state index contributed by atoms with van der Waals surface area (Å²) in [6.07, 6.45) is -0.818. The molecule has 1 fully saturated rings. The molecule has 1 atom stereocenters. The first-order valence-corrected chi connectivity index (χ1v) is 9.51. The average molecular weight is 414 g/mol. The summed E-state index contributed by atoms with van der Waals surface area (Å²) in [5.41, 5.74) is 1.31. The van der Waals surface area contributed by atoms with Gasteiger partial charge in [-0.1, -0.05) is 11.6 Å². The van der Waals surface area contributed by atoms with E-state index in [4.69, 9.17) is 11.6 Å². The number of nitrogens with zero attached hydrogens (tertiary/aromatic N) is 2.